The summed E-state index contributed by atoms with van der Waals surface area (Å²) < 4.78 is 1.72. The highest BCUT2D eigenvalue weighted by molar-refractivity contribution is 5.28. The first-order valence-corrected chi connectivity index (χ1v) is 6.15. The molecule has 1 aromatic carbocycles. The Bertz CT molecular complexity index is 528. The third-order valence-electron chi connectivity index (χ3n) is 3.11. The summed E-state index contributed by atoms with van der Waals surface area (Å²) in [5, 5.41) is 7.67. The minimum atomic E-state index is 0.332. The molecule has 2 rings (SSSR count). The number of rotatable bonds is 5. The molecule has 0 saturated heterocycles. The molecule has 0 amide bonds. The molecule has 0 spiro atoms. The van der Waals surface area contributed by atoms with E-state index in [9.17, 15) is 0 Å². The third kappa shape index (κ3) is 2.87. The van der Waals surface area contributed by atoms with E-state index in [2.05, 4.69) is 55.1 Å². The lowest BCUT2D eigenvalue weighted by molar-refractivity contribution is 0.572. The summed E-state index contributed by atoms with van der Waals surface area (Å²) in [6.45, 7) is 8.81. The van der Waals surface area contributed by atoms with Gasteiger partial charge in [-0.3, -0.25) is 0 Å². The van der Waals surface area contributed by atoms with E-state index in [1.165, 1.54) is 11.1 Å². The van der Waals surface area contributed by atoms with Gasteiger partial charge < -0.3 is 5.32 Å². The predicted molar refractivity (Wildman–Crippen MR) is 75.0 cm³/mol. The van der Waals surface area contributed by atoms with Crippen LogP contribution < -0.4 is 5.32 Å². The van der Waals surface area contributed by atoms with E-state index in [0.717, 1.165) is 12.1 Å². The molecular weight excluding hydrogens is 222 g/mol. The maximum absolute atomic E-state index is 4.16. The molecule has 3 heteroatoms. The largest absolute Gasteiger partial charge is 0.306 e. The smallest absolute Gasteiger partial charge is 0.0538 e. The van der Waals surface area contributed by atoms with Crippen LogP contribution in [0.3, 0.4) is 0 Å². The van der Waals surface area contributed by atoms with Crippen molar-refractivity contribution in [2.24, 2.45) is 0 Å². The van der Waals surface area contributed by atoms with E-state index in [4.69, 9.17) is 0 Å². The molecule has 1 heterocycles. The lowest BCUT2D eigenvalue weighted by Crippen LogP contribution is -2.18. The van der Waals surface area contributed by atoms with Gasteiger partial charge in [-0.25, -0.2) is 4.68 Å². The van der Waals surface area contributed by atoms with Gasteiger partial charge in [-0.1, -0.05) is 30.8 Å². The Kier molecular flexibility index (Phi) is 3.95. The molecule has 0 saturated carbocycles. The minimum absolute atomic E-state index is 0.332. The second-order valence-corrected chi connectivity index (χ2v) is 4.47. The number of nitrogens with zero attached hydrogens (tertiary/aromatic N) is 2. The van der Waals surface area contributed by atoms with Gasteiger partial charge in [-0.05, 0) is 25.0 Å². The molecule has 94 valence electrons. The van der Waals surface area contributed by atoms with Gasteiger partial charge >= 0.3 is 0 Å². The fourth-order valence-electron chi connectivity index (χ4n) is 2.02. The summed E-state index contributed by atoms with van der Waals surface area (Å²) in [6.07, 6.45) is 5.53. The second-order valence-electron chi connectivity index (χ2n) is 4.47. The van der Waals surface area contributed by atoms with Gasteiger partial charge in [-0.2, -0.15) is 5.10 Å². The number of hydrogen-bond acceptors (Lipinski definition) is 2. The molecule has 0 fully saturated rings. The molecular formula is C15H19N3. The molecule has 1 N–H and O–H groups in total. The van der Waals surface area contributed by atoms with Gasteiger partial charge in [0.25, 0.3) is 0 Å². The zero-order valence-corrected chi connectivity index (χ0v) is 10.9. The summed E-state index contributed by atoms with van der Waals surface area (Å²) in [6, 6.07) is 8.79. The highest BCUT2D eigenvalue weighted by Gasteiger charge is 2.07. The second kappa shape index (κ2) is 5.65. The summed E-state index contributed by atoms with van der Waals surface area (Å²) in [4.78, 5) is 0. The molecule has 2 aromatic rings. The highest BCUT2D eigenvalue weighted by atomic mass is 15.2. The lowest BCUT2D eigenvalue weighted by atomic mass is 10.0. The lowest BCUT2D eigenvalue weighted by Gasteiger charge is -2.15. The summed E-state index contributed by atoms with van der Waals surface area (Å²) in [7, 11) is 0. The van der Waals surface area contributed by atoms with Gasteiger partial charge in [0.2, 0.25) is 0 Å². The van der Waals surface area contributed by atoms with Gasteiger partial charge in [-0.15, -0.1) is 0 Å². The zero-order chi connectivity index (χ0) is 13.0. The molecule has 0 radical (unpaired) electrons. The van der Waals surface area contributed by atoms with Crippen LogP contribution in [0.1, 0.15) is 29.7 Å². The van der Waals surface area contributed by atoms with Crippen LogP contribution in [-0.4, -0.2) is 9.78 Å². The Balaban J connectivity index is 1.98. The van der Waals surface area contributed by atoms with Crippen molar-refractivity contribution in [1.82, 2.24) is 15.1 Å². The fourth-order valence-corrected chi connectivity index (χ4v) is 2.02. The van der Waals surface area contributed by atoms with Crippen molar-refractivity contribution in [3.8, 4) is 0 Å². The van der Waals surface area contributed by atoms with Crippen molar-refractivity contribution < 1.29 is 0 Å². The first kappa shape index (κ1) is 12.6. The van der Waals surface area contributed by atoms with Crippen LogP contribution in [0.5, 0.6) is 0 Å². The van der Waals surface area contributed by atoms with Crippen LogP contribution in [0.15, 0.2) is 43.2 Å². The zero-order valence-electron chi connectivity index (χ0n) is 10.9. The van der Waals surface area contributed by atoms with E-state index in [1.54, 1.807) is 10.9 Å². The maximum atomic E-state index is 4.16. The number of aryl methyl sites for hydroxylation is 1. The van der Waals surface area contributed by atoms with Crippen molar-refractivity contribution in [3.05, 3.63) is 59.9 Å². The monoisotopic (exact) mass is 241 g/mol. The summed E-state index contributed by atoms with van der Waals surface area (Å²) in [5.74, 6) is 0. The van der Waals surface area contributed by atoms with Gasteiger partial charge in [0.15, 0.2) is 0 Å². The number of benzene rings is 1. The summed E-state index contributed by atoms with van der Waals surface area (Å²) in [5.41, 5.74) is 3.82. The van der Waals surface area contributed by atoms with Gasteiger partial charge in [0.1, 0.15) is 0 Å². The number of hydrogen-bond donors (Lipinski definition) is 1. The normalized spacial score (nSPS) is 12.3. The molecule has 1 aromatic heterocycles. The van der Waals surface area contributed by atoms with Crippen molar-refractivity contribution >= 4 is 6.20 Å². The van der Waals surface area contributed by atoms with E-state index in [0.29, 0.717) is 6.04 Å². The van der Waals surface area contributed by atoms with Crippen LogP contribution in [0, 0.1) is 6.92 Å². The SMILES string of the molecule is C=Cn1cc(CNC(C)c2ccccc2C)cn1. The number of nitrogens with one attached hydrogen (secondary N) is 1. The third-order valence-corrected chi connectivity index (χ3v) is 3.11. The van der Waals surface area contributed by atoms with Crippen molar-refractivity contribution in [3.63, 3.8) is 0 Å². The van der Waals surface area contributed by atoms with E-state index in [1.807, 2.05) is 12.4 Å². The van der Waals surface area contributed by atoms with Crippen LogP contribution in [0.25, 0.3) is 6.20 Å². The van der Waals surface area contributed by atoms with E-state index < -0.39 is 0 Å². The Hall–Kier alpha value is -1.87. The van der Waals surface area contributed by atoms with Gasteiger partial charge in [0, 0.05) is 30.5 Å². The van der Waals surface area contributed by atoms with Crippen LogP contribution in [0.4, 0.5) is 0 Å². The fraction of sp³-hybridized carbons (Fsp3) is 0.267. The molecule has 1 unspecified atom stereocenters. The number of aromatic nitrogens is 2. The average Bonchev–Trinajstić information content (AvgIpc) is 2.84. The Labute approximate surface area is 108 Å². The Morgan fingerprint density at radius 3 is 2.89 bits per heavy atom. The highest BCUT2D eigenvalue weighted by Crippen LogP contribution is 2.17. The first-order chi connectivity index (χ1) is 8.70. The Morgan fingerprint density at radius 2 is 2.22 bits per heavy atom. The van der Waals surface area contributed by atoms with E-state index in [-0.39, 0.29) is 0 Å². The van der Waals surface area contributed by atoms with Crippen molar-refractivity contribution in [1.29, 1.82) is 0 Å². The standard InChI is InChI=1S/C15H19N3/c1-4-18-11-14(10-17-18)9-16-13(3)15-8-6-5-7-12(15)2/h4-8,10-11,13,16H,1,9H2,2-3H3. The maximum Gasteiger partial charge on any atom is 0.0538 e. The van der Waals surface area contributed by atoms with Crippen LogP contribution in [0.2, 0.25) is 0 Å². The van der Waals surface area contributed by atoms with Crippen LogP contribution >= 0.6 is 0 Å². The van der Waals surface area contributed by atoms with Crippen molar-refractivity contribution in [2.45, 2.75) is 26.4 Å². The minimum Gasteiger partial charge on any atom is -0.306 e. The molecule has 1 atom stereocenters. The van der Waals surface area contributed by atoms with E-state index >= 15 is 0 Å². The molecule has 18 heavy (non-hydrogen) atoms. The predicted octanol–water partition coefficient (Wildman–Crippen LogP) is 3.14. The molecule has 0 aliphatic heterocycles. The Morgan fingerprint density at radius 1 is 1.44 bits per heavy atom. The quantitative estimate of drug-likeness (QED) is 0.871. The molecule has 0 aliphatic carbocycles. The molecule has 0 bridgehead atoms. The first-order valence-electron chi connectivity index (χ1n) is 6.15. The summed E-state index contributed by atoms with van der Waals surface area (Å²) >= 11 is 0. The van der Waals surface area contributed by atoms with Gasteiger partial charge in [0.05, 0.1) is 6.20 Å². The van der Waals surface area contributed by atoms with Crippen LogP contribution in [-0.2, 0) is 6.54 Å². The topological polar surface area (TPSA) is 29.9 Å². The average molecular weight is 241 g/mol. The molecule has 3 nitrogen and oxygen atoms in total. The molecule has 0 aliphatic rings. The van der Waals surface area contributed by atoms with Crippen molar-refractivity contribution in [2.75, 3.05) is 0 Å².